The van der Waals surface area contributed by atoms with Gasteiger partial charge in [0.05, 0.1) is 16.9 Å². The van der Waals surface area contributed by atoms with Crippen LogP contribution < -0.4 is 10.9 Å². The van der Waals surface area contributed by atoms with Gasteiger partial charge in [-0.05, 0) is 65.7 Å². The van der Waals surface area contributed by atoms with Crippen LogP contribution >= 0.6 is 11.3 Å². The number of nitrogens with zero attached hydrogens (tertiary/aromatic N) is 2. The van der Waals surface area contributed by atoms with E-state index in [2.05, 4.69) is 10.3 Å². The van der Waals surface area contributed by atoms with Gasteiger partial charge >= 0.3 is 5.97 Å². The zero-order valence-corrected chi connectivity index (χ0v) is 19.7. The fourth-order valence-electron chi connectivity index (χ4n) is 3.69. The van der Waals surface area contributed by atoms with Gasteiger partial charge in [0.1, 0.15) is 16.2 Å². The largest absolute Gasteiger partial charge is 0.464 e. The van der Waals surface area contributed by atoms with E-state index in [0.29, 0.717) is 26.5 Å². The van der Waals surface area contributed by atoms with Crippen LogP contribution in [0.25, 0.3) is 10.2 Å². The van der Waals surface area contributed by atoms with Crippen LogP contribution in [0.4, 0.5) is 5.69 Å². The Bertz CT molecular complexity index is 1250. The van der Waals surface area contributed by atoms with Crippen LogP contribution in [0.5, 0.6) is 0 Å². The standard InChI is InChI=1S/C23H27N3O4S/c1-8-30-22(29)23(6,7)26-15(5)24-20-17(21(26)28)14(4)18(31-20)19(27)25-16-10-9-12(2)11-13(16)3/h9-11H,8H2,1-7H3,(H,25,27). The lowest BCUT2D eigenvalue weighted by Crippen LogP contribution is -2.45. The van der Waals surface area contributed by atoms with Crippen molar-refractivity contribution < 1.29 is 14.3 Å². The quantitative estimate of drug-likeness (QED) is 0.598. The number of hydrogen-bond donors (Lipinski definition) is 1. The first-order valence-corrected chi connectivity index (χ1v) is 10.9. The van der Waals surface area contributed by atoms with E-state index in [1.165, 1.54) is 15.9 Å². The summed E-state index contributed by atoms with van der Waals surface area (Å²) in [6, 6.07) is 5.79. The molecule has 0 saturated carbocycles. The highest BCUT2D eigenvalue weighted by Gasteiger charge is 2.35. The minimum atomic E-state index is -1.23. The summed E-state index contributed by atoms with van der Waals surface area (Å²) in [6.45, 7) is 12.5. The van der Waals surface area contributed by atoms with Gasteiger partial charge in [-0.2, -0.15) is 0 Å². The summed E-state index contributed by atoms with van der Waals surface area (Å²) < 4.78 is 6.50. The molecule has 7 nitrogen and oxygen atoms in total. The number of esters is 1. The van der Waals surface area contributed by atoms with Gasteiger partial charge in [-0.3, -0.25) is 14.2 Å². The Kier molecular flexibility index (Phi) is 6.04. The second-order valence-corrected chi connectivity index (χ2v) is 9.09. The van der Waals surface area contributed by atoms with Crippen LogP contribution in [0.2, 0.25) is 0 Å². The Labute approximate surface area is 185 Å². The number of thiophene rings is 1. The predicted molar refractivity (Wildman–Crippen MR) is 123 cm³/mol. The monoisotopic (exact) mass is 441 g/mol. The number of rotatable bonds is 5. The minimum absolute atomic E-state index is 0.214. The van der Waals surface area contributed by atoms with Crippen LogP contribution in [-0.4, -0.2) is 28.0 Å². The fraction of sp³-hybridized carbons (Fsp3) is 0.391. The van der Waals surface area contributed by atoms with Gasteiger partial charge in [-0.25, -0.2) is 9.78 Å². The van der Waals surface area contributed by atoms with Gasteiger partial charge < -0.3 is 10.1 Å². The Hall–Kier alpha value is -3.00. The third-order valence-corrected chi connectivity index (χ3v) is 6.49. The third kappa shape index (κ3) is 3.99. The molecule has 164 valence electrons. The number of amides is 1. The first-order valence-electron chi connectivity index (χ1n) is 10.1. The van der Waals surface area contributed by atoms with Crippen LogP contribution in [0, 0.1) is 27.7 Å². The molecule has 8 heteroatoms. The normalized spacial score (nSPS) is 11.6. The highest BCUT2D eigenvalue weighted by Crippen LogP contribution is 2.30. The number of anilines is 1. The maximum Gasteiger partial charge on any atom is 0.331 e. The molecule has 3 aromatic rings. The van der Waals surface area contributed by atoms with E-state index in [-0.39, 0.29) is 18.1 Å². The summed E-state index contributed by atoms with van der Waals surface area (Å²) in [4.78, 5) is 44.3. The second-order valence-electron chi connectivity index (χ2n) is 8.09. The van der Waals surface area contributed by atoms with Gasteiger partial charge in [0.15, 0.2) is 0 Å². The molecule has 2 heterocycles. The lowest BCUT2D eigenvalue weighted by Gasteiger charge is -2.26. The predicted octanol–water partition coefficient (Wildman–Crippen LogP) is 4.24. The molecule has 0 fully saturated rings. The molecule has 0 atom stereocenters. The molecule has 0 aliphatic heterocycles. The highest BCUT2D eigenvalue weighted by atomic mass is 32.1. The molecule has 3 rings (SSSR count). The van der Waals surface area contributed by atoms with E-state index >= 15 is 0 Å². The van der Waals surface area contributed by atoms with Crippen molar-refractivity contribution >= 4 is 39.1 Å². The van der Waals surface area contributed by atoms with E-state index < -0.39 is 11.5 Å². The average Bonchev–Trinajstić information content (AvgIpc) is 3.00. The molecule has 1 aromatic carbocycles. The van der Waals surface area contributed by atoms with E-state index in [1.807, 2.05) is 32.0 Å². The maximum atomic E-state index is 13.4. The van der Waals surface area contributed by atoms with Crippen molar-refractivity contribution in [3.63, 3.8) is 0 Å². The Morgan fingerprint density at radius 2 is 1.87 bits per heavy atom. The topological polar surface area (TPSA) is 90.3 Å². The van der Waals surface area contributed by atoms with Gasteiger partial charge in [0.25, 0.3) is 11.5 Å². The number of ether oxygens (including phenoxy) is 1. The van der Waals surface area contributed by atoms with Crippen molar-refractivity contribution in [1.82, 2.24) is 9.55 Å². The molecule has 2 aromatic heterocycles. The van der Waals surface area contributed by atoms with Crippen LogP contribution in [0.1, 0.15) is 53.0 Å². The molecular formula is C23H27N3O4S. The smallest absolute Gasteiger partial charge is 0.331 e. The summed E-state index contributed by atoms with van der Waals surface area (Å²) in [6.07, 6.45) is 0. The number of carbonyl (C=O) groups is 2. The molecule has 0 aliphatic carbocycles. The summed E-state index contributed by atoms with van der Waals surface area (Å²) >= 11 is 1.17. The molecule has 31 heavy (non-hydrogen) atoms. The maximum absolute atomic E-state index is 13.4. The molecule has 0 saturated heterocycles. The fourth-order valence-corrected chi connectivity index (χ4v) is 4.80. The molecule has 0 radical (unpaired) electrons. The molecule has 0 unspecified atom stereocenters. The van der Waals surface area contributed by atoms with Crippen molar-refractivity contribution in [1.29, 1.82) is 0 Å². The first kappa shape index (κ1) is 22.7. The minimum Gasteiger partial charge on any atom is -0.464 e. The number of benzene rings is 1. The molecular weight excluding hydrogens is 414 g/mol. The van der Waals surface area contributed by atoms with E-state index in [4.69, 9.17) is 4.74 Å². The zero-order chi connectivity index (χ0) is 23.1. The van der Waals surface area contributed by atoms with Crippen molar-refractivity contribution in [2.45, 2.75) is 54.0 Å². The molecule has 1 amide bonds. The van der Waals surface area contributed by atoms with Crippen molar-refractivity contribution in [2.75, 3.05) is 11.9 Å². The van der Waals surface area contributed by atoms with Gasteiger partial charge in [0.2, 0.25) is 0 Å². The van der Waals surface area contributed by atoms with Crippen molar-refractivity contribution in [3.8, 4) is 0 Å². The SMILES string of the molecule is CCOC(=O)C(C)(C)n1c(C)nc2sc(C(=O)Nc3ccc(C)cc3C)c(C)c2c1=O. The summed E-state index contributed by atoms with van der Waals surface area (Å²) in [5, 5.41) is 3.28. The van der Waals surface area contributed by atoms with Gasteiger partial charge in [-0.1, -0.05) is 17.7 Å². The number of carbonyl (C=O) groups excluding carboxylic acids is 2. The summed E-state index contributed by atoms with van der Waals surface area (Å²) in [5.74, 6) is -0.416. The summed E-state index contributed by atoms with van der Waals surface area (Å²) in [7, 11) is 0. The molecule has 0 aliphatic rings. The number of nitrogens with one attached hydrogen (secondary N) is 1. The first-order chi connectivity index (χ1) is 14.5. The lowest BCUT2D eigenvalue weighted by atomic mass is 10.0. The molecule has 1 N–H and O–H groups in total. The zero-order valence-electron chi connectivity index (χ0n) is 18.9. The number of hydrogen-bond acceptors (Lipinski definition) is 6. The van der Waals surface area contributed by atoms with Crippen molar-refractivity contribution in [2.24, 2.45) is 0 Å². The number of aromatic nitrogens is 2. The van der Waals surface area contributed by atoms with E-state index in [0.717, 1.165) is 16.8 Å². The third-order valence-electron chi connectivity index (χ3n) is 5.30. The molecule has 0 bridgehead atoms. The summed E-state index contributed by atoms with van der Waals surface area (Å²) in [5.41, 5.74) is 1.75. The van der Waals surface area contributed by atoms with Crippen molar-refractivity contribution in [3.05, 3.63) is 55.9 Å². The second kappa shape index (κ2) is 8.26. The number of aryl methyl sites for hydroxylation is 4. The Balaban J connectivity index is 2.10. The Morgan fingerprint density at radius 3 is 2.48 bits per heavy atom. The Morgan fingerprint density at radius 1 is 1.19 bits per heavy atom. The van der Waals surface area contributed by atoms with Crippen LogP contribution in [0.3, 0.4) is 0 Å². The highest BCUT2D eigenvalue weighted by molar-refractivity contribution is 7.20. The van der Waals surface area contributed by atoms with Crippen LogP contribution in [0.15, 0.2) is 23.0 Å². The van der Waals surface area contributed by atoms with Gasteiger partial charge in [-0.15, -0.1) is 11.3 Å². The average molecular weight is 442 g/mol. The molecule has 0 spiro atoms. The van der Waals surface area contributed by atoms with Gasteiger partial charge in [0, 0.05) is 5.69 Å². The number of fused-ring (bicyclic) bond motifs is 1. The van der Waals surface area contributed by atoms with E-state index in [1.54, 1.807) is 34.6 Å². The lowest BCUT2D eigenvalue weighted by molar-refractivity contribution is -0.152. The van der Waals surface area contributed by atoms with Crippen LogP contribution in [-0.2, 0) is 15.1 Å². The van der Waals surface area contributed by atoms with E-state index in [9.17, 15) is 14.4 Å².